The minimum absolute atomic E-state index is 0.0151. The second kappa shape index (κ2) is 7.92. The summed E-state index contributed by atoms with van der Waals surface area (Å²) in [6, 6.07) is 7.53. The standard InChI is InChI=1S/C19H16F3N5O2S/c1-27(6-7-30(23)28)19-26-25-18(29-19)15-13-8-12(21)9-14(22)17(13)24-16(15)10-2-4-11(20)5-3-10/h2-5,8-9,24H,6-7,23H2,1H3. The molecule has 0 aliphatic heterocycles. The van der Waals surface area contributed by atoms with Gasteiger partial charge in [-0.2, -0.15) is 0 Å². The summed E-state index contributed by atoms with van der Waals surface area (Å²) in [6.07, 6.45) is 0. The zero-order valence-electron chi connectivity index (χ0n) is 15.7. The Morgan fingerprint density at radius 2 is 1.87 bits per heavy atom. The molecule has 7 nitrogen and oxygen atoms in total. The van der Waals surface area contributed by atoms with Crippen molar-refractivity contribution in [3.05, 3.63) is 53.8 Å². The molecule has 2 aromatic heterocycles. The van der Waals surface area contributed by atoms with Gasteiger partial charge in [0.1, 0.15) is 17.5 Å². The molecule has 30 heavy (non-hydrogen) atoms. The number of nitrogens with zero attached hydrogens (tertiary/aromatic N) is 3. The number of nitrogens with two attached hydrogens (primary N) is 1. The summed E-state index contributed by atoms with van der Waals surface area (Å²) in [6.45, 7) is 0.298. The van der Waals surface area contributed by atoms with Crippen LogP contribution in [0.15, 0.2) is 40.8 Å². The maximum atomic E-state index is 14.4. The Bertz CT molecular complexity index is 1240. The number of rotatable bonds is 6. The van der Waals surface area contributed by atoms with E-state index in [2.05, 4.69) is 15.2 Å². The second-order valence-electron chi connectivity index (χ2n) is 6.59. The van der Waals surface area contributed by atoms with Crippen molar-refractivity contribution < 1.29 is 21.8 Å². The molecule has 0 aliphatic rings. The Morgan fingerprint density at radius 1 is 1.13 bits per heavy atom. The van der Waals surface area contributed by atoms with E-state index in [0.29, 0.717) is 17.8 Å². The van der Waals surface area contributed by atoms with E-state index in [1.165, 1.54) is 24.3 Å². The summed E-state index contributed by atoms with van der Waals surface area (Å²) in [5.74, 6) is -1.79. The molecule has 1 unspecified atom stereocenters. The fraction of sp³-hybridized carbons (Fsp3) is 0.158. The van der Waals surface area contributed by atoms with Crippen molar-refractivity contribution in [1.82, 2.24) is 15.2 Å². The Labute approximate surface area is 171 Å². The average Bonchev–Trinajstić information content (AvgIpc) is 3.31. The summed E-state index contributed by atoms with van der Waals surface area (Å²) in [7, 11) is 0.165. The van der Waals surface area contributed by atoms with Crippen molar-refractivity contribution in [3.8, 4) is 22.7 Å². The fourth-order valence-electron chi connectivity index (χ4n) is 3.07. The normalized spacial score (nSPS) is 12.4. The van der Waals surface area contributed by atoms with Gasteiger partial charge >= 0.3 is 6.01 Å². The third-order valence-electron chi connectivity index (χ3n) is 4.54. The highest BCUT2D eigenvalue weighted by Crippen LogP contribution is 2.39. The topological polar surface area (TPSA) is 101 Å². The van der Waals surface area contributed by atoms with Crippen LogP contribution >= 0.6 is 0 Å². The predicted octanol–water partition coefficient (Wildman–Crippen LogP) is 3.36. The Balaban J connectivity index is 1.86. The molecule has 2 heterocycles. The smallest absolute Gasteiger partial charge is 0.318 e. The molecule has 0 bridgehead atoms. The molecule has 3 N–H and O–H groups in total. The lowest BCUT2D eigenvalue weighted by atomic mass is 10.0. The molecule has 0 fully saturated rings. The number of anilines is 1. The molecule has 0 amide bonds. The number of hydrogen-bond acceptors (Lipinski definition) is 5. The van der Waals surface area contributed by atoms with E-state index in [-0.39, 0.29) is 34.1 Å². The van der Waals surface area contributed by atoms with Crippen LogP contribution in [0.4, 0.5) is 19.2 Å². The van der Waals surface area contributed by atoms with Crippen LogP contribution in [0, 0.1) is 17.5 Å². The van der Waals surface area contributed by atoms with Crippen LogP contribution in [0.1, 0.15) is 0 Å². The molecule has 0 aliphatic carbocycles. The minimum Gasteiger partial charge on any atom is -0.403 e. The molecule has 4 rings (SSSR count). The molecule has 0 spiro atoms. The van der Waals surface area contributed by atoms with E-state index < -0.39 is 28.4 Å². The zero-order chi connectivity index (χ0) is 21.4. The van der Waals surface area contributed by atoms with Gasteiger partial charge in [-0.25, -0.2) is 17.4 Å². The predicted molar refractivity (Wildman–Crippen MR) is 107 cm³/mol. The SMILES string of the molecule is CN(CCS(N)=O)c1nnc(-c2c(-c3ccc(F)cc3)[nH]c3c(F)cc(F)cc23)o1. The molecule has 2 aromatic carbocycles. The van der Waals surface area contributed by atoms with E-state index in [9.17, 15) is 17.4 Å². The maximum Gasteiger partial charge on any atom is 0.318 e. The van der Waals surface area contributed by atoms with Gasteiger partial charge in [0.2, 0.25) is 0 Å². The number of aromatic amines is 1. The lowest BCUT2D eigenvalue weighted by Crippen LogP contribution is -2.25. The summed E-state index contributed by atoms with van der Waals surface area (Å²) in [5.41, 5.74) is 1.23. The van der Waals surface area contributed by atoms with E-state index in [1.54, 1.807) is 11.9 Å². The average molecular weight is 435 g/mol. The van der Waals surface area contributed by atoms with Crippen LogP contribution < -0.4 is 10.0 Å². The Morgan fingerprint density at radius 3 is 2.57 bits per heavy atom. The van der Waals surface area contributed by atoms with Crippen molar-refractivity contribution in [3.63, 3.8) is 0 Å². The molecule has 156 valence electrons. The first-order valence-corrected chi connectivity index (χ1v) is 10.2. The van der Waals surface area contributed by atoms with Crippen LogP contribution in [0.25, 0.3) is 33.6 Å². The van der Waals surface area contributed by atoms with Crippen molar-refractivity contribution in [2.45, 2.75) is 0 Å². The number of halogens is 3. The first-order valence-electron chi connectivity index (χ1n) is 8.78. The highest BCUT2D eigenvalue weighted by atomic mass is 32.2. The molecular formula is C19H16F3N5O2S. The third-order valence-corrected chi connectivity index (χ3v) is 5.12. The molecule has 0 radical (unpaired) electrons. The Kier molecular flexibility index (Phi) is 5.31. The minimum atomic E-state index is -1.49. The van der Waals surface area contributed by atoms with Crippen molar-refractivity contribution >= 4 is 27.9 Å². The molecule has 1 atom stereocenters. The molecular weight excluding hydrogens is 419 g/mol. The summed E-state index contributed by atoms with van der Waals surface area (Å²) < 4.78 is 58.5. The lowest BCUT2D eigenvalue weighted by Gasteiger charge is -2.11. The fourth-order valence-corrected chi connectivity index (χ4v) is 3.52. The molecule has 0 saturated carbocycles. The van der Waals surface area contributed by atoms with Crippen LogP contribution in [0.3, 0.4) is 0 Å². The van der Waals surface area contributed by atoms with Crippen molar-refractivity contribution in [2.75, 3.05) is 24.2 Å². The quantitative estimate of drug-likeness (QED) is 0.484. The van der Waals surface area contributed by atoms with Gasteiger partial charge in [0.05, 0.1) is 33.5 Å². The van der Waals surface area contributed by atoms with Crippen molar-refractivity contribution in [1.29, 1.82) is 0 Å². The number of aromatic nitrogens is 3. The van der Waals surface area contributed by atoms with Gasteiger partial charge in [0.15, 0.2) is 0 Å². The summed E-state index contributed by atoms with van der Waals surface area (Å²) in [4.78, 5) is 4.47. The van der Waals surface area contributed by atoms with Crippen molar-refractivity contribution in [2.24, 2.45) is 5.14 Å². The summed E-state index contributed by atoms with van der Waals surface area (Å²) in [5, 5.41) is 13.4. The molecule has 0 saturated heterocycles. The number of benzene rings is 2. The zero-order valence-corrected chi connectivity index (χ0v) is 16.5. The maximum absolute atomic E-state index is 14.4. The van der Waals surface area contributed by atoms with E-state index >= 15 is 0 Å². The number of H-pyrrole nitrogens is 1. The number of hydrogen-bond donors (Lipinski definition) is 2. The van der Waals surface area contributed by atoms with Gasteiger partial charge in [-0.3, -0.25) is 5.14 Å². The van der Waals surface area contributed by atoms with Crippen LogP contribution in [0.5, 0.6) is 0 Å². The highest BCUT2D eigenvalue weighted by molar-refractivity contribution is 7.82. The van der Waals surface area contributed by atoms with Crippen LogP contribution in [-0.2, 0) is 11.0 Å². The van der Waals surface area contributed by atoms with Gasteiger partial charge in [-0.1, -0.05) is 5.10 Å². The van der Waals surface area contributed by atoms with Gasteiger partial charge in [-0.05, 0) is 35.9 Å². The second-order valence-corrected chi connectivity index (χ2v) is 7.76. The van der Waals surface area contributed by atoms with E-state index in [0.717, 1.165) is 12.1 Å². The van der Waals surface area contributed by atoms with Gasteiger partial charge in [-0.15, -0.1) is 5.10 Å². The number of nitrogens with one attached hydrogen (secondary N) is 1. The highest BCUT2D eigenvalue weighted by Gasteiger charge is 2.23. The first-order chi connectivity index (χ1) is 14.3. The van der Waals surface area contributed by atoms with Crippen LogP contribution in [0.2, 0.25) is 0 Å². The summed E-state index contributed by atoms with van der Waals surface area (Å²) >= 11 is 0. The molecule has 11 heteroatoms. The Hall–Kier alpha value is -3.18. The van der Waals surface area contributed by atoms with E-state index in [4.69, 9.17) is 9.56 Å². The monoisotopic (exact) mass is 435 g/mol. The third kappa shape index (κ3) is 3.81. The number of fused-ring (bicyclic) bond motifs is 1. The lowest BCUT2D eigenvalue weighted by molar-refractivity contribution is 0.559. The van der Waals surface area contributed by atoms with Gasteiger partial charge in [0, 0.05) is 25.0 Å². The molecule has 4 aromatic rings. The van der Waals surface area contributed by atoms with Crippen LogP contribution in [-0.4, -0.2) is 38.7 Å². The van der Waals surface area contributed by atoms with E-state index in [1.807, 2.05) is 0 Å². The largest absolute Gasteiger partial charge is 0.403 e. The first kappa shape index (κ1) is 20.1. The van der Waals surface area contributed by atoms with Gasteiger partial charge in [0.25, 0.3) is 5.89 Å². The van der Waals surface area contributed by atoms with Gasteiger partial charge < -0.3 is 14.3 Å².